The summed E-state index contributed by atoms with van der Waals surface area (Å²) in [6.45, 7) is 14.8. The molecule has 2 saturated carbocycles. The maximum Gasteiger partial charge on any atom is 0.0543 e. The van der Waals surface area contributed by atoms with Gasteiger partial charge in [0, 0.05) is 33.2 Å². The molecule has 0 aliphatic heterocycles. The first-order chi connectivity index (χ1) is 28.2. The molecule has 0 N–H and O–H groups in total. The SMILES string of the molecule is CCC1CC(CC)C2(c3ccccc3-c3c(N(c4ccc5c(c4)C(C)(C)c4ccccc4-5)c4ccc5c(c4)C4(CCCC4)c4ccccc4-5)cccc32)C(C(C)C)C1. The van der Waals surface area contributed by atoms with Gasteiger partial charge < -0.3 is 4.90 Å². The van der Waals surface area contributed by atoms with Crippen molar-refractivity contribution in [3.8, 4) is 33.4 Å². The predicted octanol–water partition coefficient (Wildman–Crippen LogP) is 15.7. The van der Waals surface area contributed by atoms with Crippen molar-refractivity contribution in [1.82, 2.24) is 0 Å². The fraction of sp³-hybridized carbons (Fsp3) is 0.368. The molecule has 0 amide bonds. The average molecular weight is 758 g/mol. The molecule has 5 aliphatic carbocycles. The van der Waals surface area contributed by atoms with E-state index in [1.807, 2.05) is 0 Å². The maximum absolute atomic E-state index is 2.68. The Hall–Kier alpha value is -4.88. The summed E-state index contributed by atoms with van der Waals surface area (Å²) in [6, 6.07) is 50.4. The number of rotatable bonds is 6. The van der Waals surface area contributed by atoms with Crippen molar-refractivity contribution < 1.29 is 0 Å². The second kappa shape index (κ2) is 13.1. The Labute approximate surface area is 347 Å². The molecule has 1 nitrogen and oxygen atoms in total. The van der Waals surface area contributed by atoms with Gasteiger partial charge in [-0.15, -0.1) is 0 Å². The average Bonchev–Trinajstić information content (AvgIpc) is 3.99. The predicted molar refractivity (Wildman–Crippen MR) is 245 cm³/mol. The summed E-state index contributed by atoms with van der Waals surface area (Å²) in [6.07, 6.45) is 10.2. The smallest absolute Gasteiger partial charge is 0.0543 e. The fourth-order valence-electron chi connectivity index (χ4n) is 13.9. The van der Waals surface area contributed by atoms with Crippen molar-refractivity contribution in [2.45, 2.75) is 109 Å². The van der Waals surface area contributed by atoms with E-state index in [4.69, 9.17) is 0 Å². The fourth-order valence-corrected chi connectivity index (χ4v) is 13.9. The number of anilines is 3. The molecule has 0 bridgehead atoms. The standard InChI is InChI=1S/C57H59N/c1-7-37-32-38(8-2)57(50(33-37)36(3)4)48-23-14-11-20-45(48)54-49(57)24-17-25-53(54)58(39-26-28-43-41-18-9-12-21-46(41)55(5,6)51(43)34-39)40-27-29-44-42-19-10-13-22-47(42)56(52(44)35-40)30-15-16-31-56/h9-14,17-29,34-38,50H,7-8,15-16,30-33H2,1-6H3. The van der Waals surface area contributed by atoms with Crippen LogP contribution in [-0.4, -0.2) is 0 Å². The number of benzene rings is 6. The molecule has 58 heavy (non-hydrogen) atoms. The van der Waals surface area contributed by atoms with Crippen molar-refractivity contribution >= 4 is 17.1 Å². The van der Waals surface area contributed by atoms with E-state index in [0.29, 0.717) is 17.8 Å². The van der Waals surface area contributed by atoms with E-state index in [0.717, 1.165) is 5.92 Å². The van der Waals surface area contributed by atoms with Crippen LogP contribution in [0.2, 0.25) is 0 Å². The Morgan fingerprint density at radius 3 is 1.79 bits per heavy atom. The lowest BCUT2D eigenvalue weighted by Gasteiger charge is -2.53. The van der Waals surface area contributed by atoms with Crippen LogP contribution in [0.5, 0.6) is 0 Å². The Morgan fingerprint density at radius 2 is 1.12 bits per heavy atom. The van der Waals surface area contributed by atoms with Crippen LogP contribution in [0.15, 0.2) is 127 Å². The van der Waals surface area contributed by atoms with Gasteiger partial charge in [0.2, 0.25) is 0 Å². The van der Waals surface area contributed by atoms with Gasteiger partial charge in [0.05, 0.1) is 5.69 Å². The molecule has 0 heterocycles. The zero-order chi connectivity index (χ0) is 39.6. The van der Waals surface area contributed by atoms with Crippen molar-refractivity contribution in [3.63, 3.8) is 0 Å². The summed E-state index contributed by atoms with van der Waals surface area (Å²) in [4.78, 5) is 2.68. The van der Waals surface area contributed by atoms with Crippen LogP contribution in [0, 0.1) is 23.7 Å². The van der Waals surface area contributed by atoms with Crippen molar-refractivity contribution in [2.24, 2.45) is 23.7 Å². The van der Waals surface area contributed by atoms with E-state index in [1.54, 1.807) is 16.7 Å². The number of hydrogen-bond acceptors (Lipinski definition) is 1. The molecule has 4 unspecified atom stereocenters. The normalized spacial score (nSPS) is 23.7. The van der Waals surface area contributed by atoms with Crippen molar-refractivity contribution in [3.05, 3.63) is 161 Å². The molecule has 11 rings (SSSR count). The van der Waals surface area contributed by atoms with Gasteiger partial charge in [-0.1, -0.05) is 164 Å². The van der Waals surface area contributed by atoms with Crippen LogP contribution in [0.3, 0.4) is 0 Å². The monoisotopic (exact) mass is 757 g/mol. The number of fused-ring (bicyclic) bond motifs is 13. The molecule has 2 fully saturated rings. The minimum Gasteiger partial charge on any atom is -0.310 e. The molecular weight excluding hydrogens is 699 g/mol. The molecule has 1 heteroatoms. The number of hydrogen-bond donors (Lipinski definition) is 0. The van der Waals surface area contributed by atoms with Crippen LogP contribution in [0.25, 0.3) is 33.4 Å². The third-order valence-electron chi connectivity index (χ3n) is 16.5. The first-order valence-corrected chi connectivity index (χ1v) is 22.8. The second-order valence-corrected chi connectivity index (χ2v) is 19.6. The molecule has 0 radical (unpaired) electrons. The third kappa shape index (κ3) is 4.71. The van der Waals surface area contributed by atoms with Gasteiger partial charge in [0.1, 0.15) is 0 Å². The van der Waals surface area contributed by atoms with Crippen LogP contribution in [0.4, 0.5) is 17.1 Å². The molecule has 6 aromatic carbocycles. The minimum atomic E-state index is -0.0901. The van der Waals surface area contributed by atoms with Gasteiger partial charge in [0.25, 0.3) is 0 Å². The van der Waals surface area contributed by atoms with Gasteiger partial charge >= 0.3 is 0 Å². The highest BCUT2D eigenvalue weighted by atomic mass is 15.1. The van der Waals surface area contributed by atoms with Gasteiger partial charge in [0.15, 0.2) is 0 Å². The Balaban J connectivity index is 1.18. The summed E-state index contributed by atoms with van der Waals surface area (Å²) in [5, 5.41) is 0. The van der Waals surface area contributed by atoms with Crippen LogP contribution in [0.1, 0.15) is 126 Å². The lowest BCUT2D eigenvalue weighted by molar-refractivity contribution is 0.0635. The zero-order valence-corrected chi connectivity index (χ0v) is 35.5. The van der Waals surface area contributed by atoms with E-state index in [1.165, 1.54) is 118 Å². The van der Waals surface area contributed by atoms with Gasteiger partial charge in [-0.25, -0.2) is 0 Å². The van der Waals surface area contributed by atoms with E-state index in [2.05, 4.69) is 174 Å². The minimum absolute atomic E-state index is 0.00273. The van der Waals surface area contributed by atoms with E-state index in [-0.39, 0.29) is 16.2 Å². The lowest BCUT2D eigenvalue weighted by Crippen LogP contribution is -2.49. The molecule has 0 saturated heterocycles. The van der Waals surface area contributed by atoms with Crippen molar-refractivity contribution in [2.75, 3.05) is 4.90 Å². The molecular formula is C57H59N. The van der Waals surface area contributed by atoms with Gasteiger partial charge in [-0.2, -0.15) is 0 Å². The third-order valence-corrected chi connectivity index (χ3v) is 16.5. The quantitative estimate of drug-likeness (QED) is 0.164. The summed E-state index contributed by atoms with van der Waals surface area (Å²) in [7, 11) is 0. The molecule has 6 aromatic rings. The maximum atomic E-state index is 2.68. The van der Waals surface area contributed by atoms with E-state index >= 15 is 0 Å². The van der Waals surface area contributed by atoms with E-state index < -0.39 is 0 Å². The largest absolute Gasteiger partial charge is 0.310 e. The Kier molecular flexibility index (Phi) is 8.16. The molecule has 4 atom stereocenters. The summed E-state index contributed by atoms with van der Waals surface area (Å²) in [5.74, 6) is 2.56. The molecule has 0 aromatic heterocycles. The first-order valence-electron chi connectivity index (χ1n) is 22.8. The molecule has 5 aliphatic rings. The second-order valence-electron chi connectivity index (χ2n) is 19.6. The number of nitrogens with zero attached hydrogens (tertiary/aromatic N) is 1. The topological polar surface area (TPSA) is 3.24 Å². The highest BCUT2D eigenvalue weighted by molar-refractivity contribution is 5.97. The Bertz CT molecular complexity index is 2600. The van der Waals surface area contributed by atoms with Crippen LogP contribution < -0.4 is 4.90 Å². The highest BCUT2D eigenvalue weighted by Gasteiger charge is 2.57. The summed E-state index contributed by atoms with van der Waals surface area (Å²) >= 11 is 0. The highest BCUT2D eigenvalue weighted by Crippen LogP contribution is 2.66. The van der Waals surface area contributed by atoms with Crippen LogP contribution >= 0.6 is 0 Å². The first kappa shape index (κ1) is 36.2. The van der Waals surface area contributed by atoms with Gasteiger partial charge in [-0.05, 0) is 141 Å². The zero-order valence-electron chi connectivity index (χ0n) is 35.5. The summed E-state index contributed by atoms with van der Waals surface area (Å²) in [5.41, 5.74) is 21.5. The van der Waals surface area contributed by atoms with E-state index in [9.17, 15) is 0 Å². The lowest BCUT2D eigenvalue weighted by atomic mass is 9.50. The molecule has 2 spiro atoms. The van der Waals surface area contributed by atoms with Crippen LogP contribution in [-0.2, 0) is 16.2 Å². The molecule has 292 valence electrons. The van der Waals surface area contributed by atoms with Crippen molar-refractivity contribution in [1.29, 1.82) is 0 Å². The Morgan fingerprint density at radius 1 is 0.552 bits per heavy atom. The summed E-state index contributed by atoms with van der Waals surface area (Å²) < 4.78 is 0. The van der Waals surface area contributed by atoms with Gasteiger partial charge in [-0.3, -0.25) is 0 Å².